The lowest BCUT2D eigenvalue weighted by molar-refractivity contribution is -0.117. The van der Waals surface area contributed by atoms with Crippen molar-refractivity contribution in [3.63, 3.8) is 0 Å². The molecule has 0 saturated carbocycles. The highest BCUT2D eigenvalue weighted by atomic mass is 19.1. The zero-order valence-corrected chi connectivity index (χ0v) is 19.7. The van der Waals surface area contributed by atoms with Gasteiger partial charge in [0.05, 0.1) is 18.3 Å². The van der Waals surface area contributed by atoms with Gasteiger partial charge in [0.2, 0.25) is 5.91 Å². The monoisotopic (exact) mass is 485 g/mol. The number of hydrogen-bond acceptors (Lipinski definition) is 6. The van der Waals surface area contributed by atoms with Gasteiger partial charge >= 0.3 is 0 Å². The van der Waals surface area contributed by atoms with Crippen molar-refractivity contribution in [3.05, 3.63) is 112 Å². The lowest BCUT2D eigenvalue weighted by atomic mass is 10.0. The number of amides is 1. The van der Waals surface area contributed by atoms with Crippen molar-refractivity contribution in [1.82, 2.24) is 19.9 Å². The summed E-state index contributed by atoms with van der Waals surface area (Å²) >= 11 is 0. The van der Waals surface area contributed by atoms with Crippen molar-refractivity contribution < 1.29 is 14.0 Å². The van der Waals surface area contributed by atoms with Gasteiger partial charge in [0.25, 0.3) is 5.56 Å². The summed E-state index contributed by atoms with van der Waals surface area (Å²) in [5.74, 6) is -1.09. The summed E-state index contributed by atoms with van der Waals surface area (Å²) in [4.78, 5) is 47.1. The third-order valence-electron chi connectivity index (χ3n) is 5.72. The fraction of sp³-hybridized carbons (Fsp3) is 0.148. The molecule has 0 spiro atoms. The molecular weight excluding hydrogens is 461 g/mol. The molecule has 9 heteroatoms. The molecule has 3 heterocycles. The van der Waals surface area contributed by atoms with Crippen LogP contribution in [0.15, 0.2) is 84.2 Å². The molecule has 4 rings (SSSR count). The highest BCUT2D eigenvalue weighted by molar-refractivity contribution is 6.08. The van der Waals surface area contributed by atoms with Gasteiger partial charge in [0.1, 0.15) is 11.5 Å². The number of pyridine rings is 3. The molecule has 3 aromatic heterocycles. The van der Waals surface area contributed by atoms with Crippen LogP contribution in [0.1, 0.15) is 28.4 Å². The van der Waals surface area contributed by atoms with E-state index < -0.39 is 17.4 Å². The second-order valence-corrected chi connectivity index (χ2v) is 8.18. The summed E-state index contributed by atoms with van der Waals surface area (Å²) in [7, 11) is 1.65. The first kappa shape index (κ1) is 24.6. The Hall–Kier alpha value is -4.50. The molecule has 1 amide bonds. The van der Waals surface area contributed by atoms with E-state index in [1.165, 1.54) is 35.0 Å². The molecule has 1 atom stereocenters. The zero-order valence-electron chi connectivity index (χ0n) is 19.7. The topological polar surface area (TPSA) is 106 Å². The van der Waals surface area contributed by atoms with E-state index >= 15 is 0 Å². The van der Waals surface area contributed by atoms with E-state index in [0.717, 1.165) is 0 Å². The van der Waals surface area contributed by atoms with Crippen LogP contribution in [-0.2, 0) is 11.3 Å². The maximum absolute atomic E-state index is 13.5. The van der Waals surface area contributed by atoms with E-state index in [0.29, 0.717) is 27.9 Å². The summed E-state index contributed by atoms with van der Waals surface area (Å²) in [6, 6.07) is 13.3. The van der Waals surface area contributed by atoms with Crippen LogP contribution in [0.4, 0.5) is 10.1 Å². The van der Waals surface area contributed by atoms with Crippen LogP contribution < -0.4 is 16.2 Å². The molecule has 0 bridgehead atoms. The maximum atomic E-state index is 13.5. The van der Waals surface area contributed by atoms with Crippen LogP contribution in [0.2, 0.25) is 0 Å². The summed E-state index contributed by atoms with van der Waals surface area (Å²) in [5.41, 5.74) is 2.24. The number of benzene rings is 1. The minimum absolute atomic E-state index is 0.0892. The fourth-order valence-corrected chi connectivity index (χ4v) is 3.62. The predicted octanol–water partition coefficient (Wildman–Crippen LogP) is 3.27. The van der Waals surface area contributed by atoms with Crippen LogP contribution >= 0.6 is 0 Å². The molecule has 0 fully saturated rings. The molecule has 8 nitrogen and oxygen atoms in total. The van der Waals surface area contributed by atoms with E-state index in [1.54, 1.807) is 56.8 Å². The van der Waals surface area contributed by atoms with Gasteiger partial charge in [-0.25, -0.2) is 4.39 Å². The molecule has 0 aliphatic carbocycles. The molecule has 182 valence electrons. The second-order valence-electron chi connectivity index (χ2n) is 8.18. The zero-order chi connectivity index (χ0) is 25.7. The number of hydrogen-bond donors (Lipinski definition) is 2. The molecule has 36 heavy (non-hydrogen) atoms. The van der Waals surface area contributed by atoms with Gasteiger partial charge in [-0.2, -0.15) is 0 Å². The van der Waals surface area contributed by atoms with Crippen molar-refractivity contribution in [2.75, 3.05) is 12.4 Å². The Kier molecular flexibility index (Phi) is 7.41. The second kappa shape index (κ2) is 10.8. The molecule has 0 unspecified atom stereocenters. The summed E-state index contributed by atoms with van der Waals surface area (Å²) < 4.78 is 14.8. The Morgan fingerprint density at radius 1 is 1.00 bits per heavy atom. The Balaban J connectivity index is 1.73. The Morgan fingerprint density at radius 2 is 1.78 bits per heavy atom. The van der Waals surface area contributed by atoms with Crippen molar-refractivity contribution in [3.8, 4) is 11.3 Å². The van der Waals surface area contributed by atoms with Gasteiger partial charge in [0, 0.05) is 41.5 Å². The van der Waals surface area contributed by atoms with Crippen molar-refractivity contribution in [2.45, 2.75) is 19.5 Å². The molecule has 0 aliphatic rings. The van der Waals surface area contributed by atoms with Crippen LogP contribution in [0, 0.1) is 5.82 Å². The molecule has 2 N–H and O–H groups in total. The first-order valence-corrected chi connectivity index (χ1v) is 11.2. The number of carbonyl (C=O) groups is 2. The Bertz CT molecular complexity index is 1450. The molecule has 0 radical (unpaired) electrons. The largest absolute Gasteiger partial charge is 0.320 e. The van der Waals surface area contributed by atoms with Crippen molar-refractivity contribution >= 4 is 17.4 Å². The lowest BCUT2D eigenvalue weighted by Crippen LogP contribution is -2.37. The normalized spacial score (nSPS) is 11.6. The minimum Gasteiger partial charge on any atom is -0.320 e. The van der Waals surface area contributed by atoms with Crippen LogP contribution in [0.25, 0.3) is 11.3 Å². The van der Waals surface area contributed by atoms with Crippen LogP contribution in [0.3, 0.4) is 0 Å². The van der Waals surface area contributed by atoms with E-state index in [4.69, 9.17) is 0 Å². The van der Waals surface area contributed by atoms with Gasteiger partial charge in [0.15, 0.2) is 5.78 Å². The standard InChI is InChI=1S/C27H24FN5O3/c1-17(29-2)26(35)32-23-9-10-24(20-4-3-11-30-14-20)33(27(23)36)16-18-12-21(15-31-13-18)25(34)19-5-7-22(28)8-6-19/h3-15,17,29H,16H2,1-2H3,(H,32,35)/t17-/m0/s1. The van der Waals surface area contributed by atoms with Crippen LogP contribution in [0.5, 0.6) is 0 Å². The molecule has 0 saturated heterocycles. The number of aromatic nitrogens is 3. The van der Waals surface area contributed by atoms with Gasteiger partial charge < -0.3 is 15.2 Å². The average molecular weight is 486 g/mol. The van der Waals surface area contributed by atoms with E-state index in [-0.39, 0.29) is 23.9 Å². The number of carbonyl (C=O) groups excluding carboxylic acids is 2. The van der Waals surface area contributed by atoms with Gasteiger partial charge in [-0.15, -0.1) is 0 Å². The number of halogens is 1. The highest BCUT2D eigenvalue weighted by Crippen LogP contribution is 2.20. The van der Waals surface area contributed by atoms with Gasteiger partial charge in [-0.3, -0.25) is 24.4 Å². The summed E-state index contributed by atoms with van der Waals surface area (Å²) in [6.45, 7) is 1.78. The lowest BCUT2D eigenvalue weighted by Gasteiger charge is -2.17. The smallest absolute Gasteiger partial charge is 0.275 e. The minimum atomic E-state index is -0.491. The van der Waals surface area contributed by atoms with Crippen LogP contribution in [-0.4, -0.2) is 39.3 Å². The van der Waals surface area contributed by atoms with Gasteiger partial charge in [-0.1, -0.05) is 0 Å². The third kappa shape index (κ3) is 5.42. The first-order chi connectivity index (χ1) is 17.4. The molecule has 1 aromatic carbocycles. The Labute approximate surface area is 206 Å². The number of likely N-dealkylation sites (N-methyl/N-ethyl adjacent to an activating group) is 1. The maximum Gasteiger partial charge on any atom is 0.275 e. The number of ketones is 1. The van der Waals surface area contributed by atoms with Crippen molar-refractivity contribution in [2.24, 2.45) is 0 Å². The van der Waals surface area contributed by atoms with E-state index in [9.17, 15) is 18.8 Å². The van der Waals surface area contributed by atoms with E-state index in [1.807, 2.05) is 6.07 Å². The molecule has 4 aromatic rings. The molecule has 0 aliphatic heterocycles. The summed E-state index contributed by atoms with van der Waals surface area (Å²) in [5, 5.41) is 5.51. The fourth-order valence-electron chi connectivity index (χ4n) is 3.62. The average Bonchev–Trinajstić information content (AvgIpc) is 2.91. The van der Waals surface area contributed by atoms with Gasteiger partial charge in [-0.05, 0) is 74.1 Å². The number of anilines is 1. The van der Waals surface area contributed by atoms with Crippen molar-refractivity contribution in [1.29, 1.82) is 0 Å². The third-order valence-corrected chi connectivity index (χ3v) is 5.72. The first-order valence-electron chi connectivity index (χ1n) is 11.2. The summed E-state index contributed by atoms with van der Waals surface area (Å²) in [6.07, 6.45) is 6.26. The number of rotatable bonds is 8. The highest BCUT2D eigenvalue weighted by Gasteiger charge is 2.17. The Morgan fingerprint density at radius 3 is 2.47 bits per heavy atom. The van der Waals surface area contributed by atoms with E-state index in [2.05, 4.69) is 20.6 Å². The predicted molar refractivity (Wildman–Crippen MR) is 134 cm³/mol. The molecular formula is C27H24FN5O3. The quantitative estimate of drug-likeness (QED) is 0.371. The SMILES string of the molecule is CN[C@@H](C)C(=O)Nc1ccc(-c2cccnc2)n(Cc2cncc(C(=O)c3ccc(F)cc3)c2)c1=O. The number of nitrogens with one attached hydrogen (secondary N) is 2. The number of nitrogens with zero attached hydrogens (tertiary/aromatic N) is 3.